The van der Waals surface area contributed by atoms with Gasteiger partial charge in [-0.2, -0.15) is 0 Å². The highest BCUT2D eigenvalue weighted by atomic mass is 16.2. The summed E-state index contributed by atoms with van der Waals surface area (Å²) in [6.45, 7) is 12.9. The lowest BCUT2D eigenvalue weighted by Crippen LogP contribution is -2.49. The number of urea groups is 1. The van der Waals surface area contributed by atoms with Gasteiger partial charge in [0.25, 0.3) is 0 Å². The molecule has 0 aromatic heterocycles. The van der Waals surface area contributed by atoms with Crippen molar-refractivity contribution in [2.45, 2.75) is 39.3 Å². The number of nitrogens with zero attached hydrogens (tertiary/aromatic N) is 1. The maximum Gasteiger partial charge on any atom is 0.320 e. The van der Waals surface area contributed by atoms with E-state index in [0.29, 0.717) is 12.2 Å². The lowest BCUT2D eigenvalue weighted by molar-refractivity contribution is 0.209. The third-order valence-corrected chi connectivity index (χ3v) is 5.40. The molecule has 142 valence electrons. The Labute approximate surface area is 162 Å². The minimum atomic E-state index is -0.621. The Morgan fingerprint density at radius 2 is 1.63 bits per heavy atom. The molecular weight excluding hydrogens is 334 g/mol. The second kappa shape index (κ2) is 7.97. The van der Waals surface area contributed by atoms with Crippen molar-refractivity contribution < 1.29 is 4.79 Å². The summed E-state index contributed by atoms with van der Waals surface area (Å²) in [7, 11) is 0. The normalized spacial score (nSPS) is 19.3. The standard InChI is InChI=1S/C23H29N3O/c1-5-19-9-11-20(12-10-19)15-26(6-2)16-23(18(4)24-22(27)25-23)21-13-7-17(3)8-14-21/h7-14H,4-6,15-16H2,1-3H3,(H2,24,25,27). The summed E-state index contributed by atoms with van der Waals surface area (Å²) in [5, 5.41) is 5.99. The van der Waals surface area contributed by atoms with E-state index in [9.17, 15) is 4.79 Å². The lowest BCUT2D eigenvalue weighted by atomic mass is 9.86. The molecule has 0 aliphatic carbocycles. The SMILES string of the molecule is C=C1NC(=O)NC1(CN(CC)Cc1ccc(CC)cc1)c1ccc(C)cc1. The van der Waals surface area contributed by atoms with E-state index >= 15 is 0 Å². The zero-order chi connectivity index (χ0) is 19.4. The molecule has 1 heterocycles. The van der Waals surface area contributed by atoms with Crippen molar-refractivity contribution in [3.8, 4) is 0 Å². The topological polar surface area (TPSA) is 44.4 Å². The summed E-state index contributed by atoms with van der Waals surface area (Å²) >= 11 is 0. The van der Waals surface area contributed by atoms with Crippen LogP contribution in [0.15, 0.2) is 60.8 Å². The zero-order valence-electron chi connectivity index (χ0n) is 16.5. The number of nitrogens with one attached hydrogen (secondary N) is 2. The van der Waals surface area contributed by atoms with Gasteiger partial charge in [0.05, 0.1) is 0 Å². The Balaban J connectivity index is 1.86. The molecule has 2 amide bonds. The van der Waals surface area contributed by atoms with E-state index in [1.165, 1.54) is 16.7 Å². The molecule has 4 heteroatoms. The third-order valence-electron chi connectivity index (χ3n) is 5.40. The van der Waals surface area contributed by atoms with Crippen molar-refractivity contribution in [1.29, 1.82) is 0 Å². The lowest BCUT2D eigenvalue weighted by Gasteiger charge is -2.35. The van der Waals surface area contributed by atoms with Crippen molar-refractivity contribution in [2.75, 3.05) is 13.1 Å². The highest BCUT2D eigenvalue weighted by Crippen LogP contribution is 2.32. The smallest absolute Gasteiger partial charge is 0.320 e. The first-order valence-electron chi connectivity index (χ1n) is 9.62. The molecule has 1 atom stereocenters. The van der Waals surface area contributed by atoms with Crippen LogP contribution in [0.1, 0.15) is 36.1 Å². The van der Waals surface area contributed by atoms with Crippen molar-refractivity contribution in [3.63, 3.8) is 0 Å². The monoisotopic (exact) mass is 363 g/mol. The fourth-order valence-corrected chi connectivity index (χ4v) is 3.61. The summed E-state index contributed by atoms with van der Waals surface area (Å²) in [5.74, 6) is 0. The van der Waals surface area contributed by atoms with Gasteiger partial charge in [-0.25, -0.2) is 4.79 Å². The molecule has 2 aromatic rings. The Morgan fingerprint density at radius 1 is 1.00 bits per heavy atom. The Kier molecular flexibility index (Phi) is 5.66. The highest BCUT2D eigenvalue weighted by Gasteiger charge is 2.44. The van der Waals surface area contributed by atoms with Crippen LogP contribution in [0.25, 0.3) is 0 Å². The molecule has 1 aliphatic rings. The first-order chi connectivity index (χ1) is 13.0. The van der Waals surface area contributed by atoms with Crippen LogP contribution in [-0.4, -0.2) is 24.0 Å². The van der Waals surface area contributed by atoms with Crippen molar-refractivity contribution >= 4 is 6.03 Å². The van der Waals surface area contributed by atoms with Crippen LogP contribution in [-0.2, 0) is 18.5 Å². The van der Waals surface area contributed by atoms with Crippen LogP contribution in [0.4, 0.5) is 4.79 Å². The van der Waals surface area contributed by atoms with Gasteiger partial charge in [-0.1, -0.05) is 74.5 Å². The molecule has 1 fully saturated rings. The van der Waals surface area contributed by atoms with Crippen LogP contribution < -0.4 is 10.6 Å². The summed E-state index contributed by atoms with van der Waals surface area (Å²) in [6.07, 6.45) is 1.05. The second-order valence-electron chi connectivity index (χ2n) is 7.30. The van der Waals surface area contributed by atoms with Crippen molar-refractivity contribution in [1.82, 2.24) is 15.5 Å². The molecule has 27 heavy (non-hydrogen) atoms. The van der Waals surface area contributed by atoms with Gasteiger partial charge in [-0.15, -0.1) is 0 Å². The second-order valence-corrected chi connectivity index (χ2v) is 7.30. The van der Waals surface area contributed by atoms with Crippen molar-refractivity contribution in [3.05, 3.63) is 83.1 Å². The molecule has 0 spiro atoms. The van der Waals surface area contributed by atoms with Gasteiger partial charge in [-0.3, -0.25) is 4.90 Å². The van der Waals surface area contributed by atoms with E-state index in [0.717, 1.165) is 25.1 Å². The van der Waals surface area contributed by atoms with Crippen molar-refractivity contribution in [2.24, 2.45) is 0 Å². The van der Waals surface area contributed by atoms with E-state index < -0.39 is 5.54 Å². The van der Waals surface area contributed by atoms with E-state index in [-0.39, 0.29) is 6.03 Å². The minimum Gasteiger partial charge on any atom is -0.321 e. The fraction of sp³-hybridized carbons (Fsp3) is 0.348. The van der Waals surface area contributed by atoms with Gasteiger partial charge in [0.15, 0.2) is 0 Å². The van der Waals surface area contributed by atoms with E-state index in [2.05, 4.69) is 91.4 Å². The van der Waals surface area contributed by atoms with Crippen LogP contribution in [0.2, 0.25) is 0 Å². The summed E-state index contributed by atoms with van der Waals surface area (Å²) < 4.78 is 0. The molecule has 1 aliphatic heterocycles. The zero-order valence-corrected chi connectivity index (χ0v) is 16.5. The van der Waals surface area contributed by atoms with Crippen LogP contribution in [0.5, 0.6) is 0 Å². The van der Waals surface area contributed by atoms with Crippen LogP contribution >= 0.6 is 0 Å². The molecule has 0 saturated carbocycles. The van der Waals surface area contributed by atoms with Gasteiger partial charge in [0.2, 0.25) is 0 Å². The molecule has 0 radical (unpaired) electrons. The predicted octanol–water partition coefficient (Wildman–Crippen LogP) is 4.10. The number of amides is 2. The number of benzene rings is 2. The van der Waals surface area contributed by atoms with Gasteiger partial charge in [-0.05, 0) is 36.6 Å². The molecule has 1 unspecified atom stereocenters. The first-order valence-corrected chi connectivity index (χ1v) is 9.62. The van der Waals surface area contributed by atoms with Gasteiger partial charge < -0.3 is 10.6 Å². The first kappa shape index (κ1) is 19.2. The molecule has 1 saturated heterocycles. The van der Waals surface area contributed by atoms with E-state index in [4.69, 9.17) is 0 Å². The van der Waals surface area contributed by atoms with Crippen LogP contribution in [0, 0.1) is 6.92 Å². The fourth-order valence-electron chi connectivity index (χ4n) is 3.61. The molecule has 3 rings (SSSR count). The Bertz CT molecular complexity index is 811. The van der Waals surface area contributed by atoms with E-state index in [1.54, 1.807) is 0 Å². The molecular formula is C23H29N3O. The average molecular weight is 364 g/mol. The summed E-state index contributed by atoms with van der Waals surface area (Å²) in [6, 6.07) is 16.9. The maximum absolute atomic E-state index is 12.1. The Morgan fingerprint density at radius 3 is 2.15 bits per heavy atom. The highest BCUT2D eigenvalue weighted by molar-refractivity contribution is 5.82. The van der Waals surface area contributed by atoms with Gasteiger partial charge in [0, 0.05) is 18.8 Å². The van der Waals surface area contributed by atoms with Crippen LogP contribution in [0.3, 0.4) is 0 Å². The molecule has 4 nitrogen and oxygen atoms in total. The Hall–Kier alpha value is -2.59. The van der Waals surface area contributed by atoms with Gasteiger partial charge >= 0.3 is 6.03 Å². The summed E-state index contributed by atoms with van der Waals surface area (Å²) in [4.78, 5) is 14.5. The van der Waals surface area contributed by atoms with E-state index in [1.807, 2.05) is 0 Å². The third kappa shape index (κ3) is 4.06. The van der Waals surface area contributed by atoms with Gasteiger partial charge in [0.1, 0.15) is 5.54 Å². The number of aryl methyl sites for hydroxylation is 2. The number of hydrogen-bond donors (Lipinski definition) is 2. The summed E-state index contributed by atoms with van der Waals surface area (Å²) in [5.41, 5.74) is 4.95. The largest absolute Gasteiger partial charge is 0.321 e. The predicted molar refractivity (Wildman–Crippen MR) is 110 cm³/mol. The number of rotatable bonds is 7. The minimum absolute atomic E-state index is 0.191. The molecule has 0 bridgehead atoms. The molecule has 2 N–H and O–H groups in total. The average Bonchev–Trinajstić information content (AvgIpc) is 2.96. The molecule has 2 aromatic carbocycles. The number of hydrogen-bond acceptors (Lipinski definition) is 2. The maximum atomic E-state index is 12.1. The number of carbonyl (C=O) groups is 1. The number of carbonyl (C=O) groups excluding carboxylic acids is 1. The number of likely N-dealkylation sites (N-methyl/N-ethyl adjacent to an activating group) is 1. The quantitative estimate of drug-likeness (QED) is 0.778.